The molecule has 3 aromatic heterocycles. The highest BCUT2D eigenvalue weighted by atomic mass is 16.5. The molecule has 0 spiro atoms. The molecular formula is C18H24N6O2. The van der Waals surface area contributed by atoms with Crippen LogP contribution in [0, 0.1) is 0 Å². The molecule has 0 aliphatic carbocycles. The van der Waals surface area contributed by atoms with Gasteiger partial charge in [-0.3, -0.25) is 9.38 Å². The van der Waals surface area contributed by atoms with Crippen LogP contribution in [0.3, 0.4) is 0 Å². The topological polar surface area (TPSA) is 71.1 Å². The minimum absolute atomic E-state index is 0.614. The number of piperazine rings is 1. The maximum atomic E-state index is 6.16. The van der Waals surface area contributed by atoms with Gasteiger partial charge in [-0.2, -0.15) is 0 Å². The number of imidazole rings is 1. The first-order chi connectivity index (χ1) is 12.8. The molecule has 0 unspecified atom stereocenters. The van der Waals surface area contributed by atoms with Gasteiger partial charge in [-0.15, -0.1) is 0 Å². The van der Waals surface area contributed by atoms with E-state index in [2.05, 4.69) is 27.1 Å². The van der Waals surface area contributed by atoms with Crippen LogP contribution in [-0.4, -0.2) is 72.8 Å². The highest BCUT2D eigenvalue weighted by molar-refractivity contribution is 5.74. The molecule has 8 heteroatoms. The van der Waals surface area contributed by atoms with E-state index in [1.807, 2.05) is 22.7 Å². The van der Waals surface area contributed by atoms with Gasteiger partial charge in [0.25, 0.3) is 0 Å². The molecule has 26 heavy (non-hydrogen) atoms. The van der Waals surface area contributed by atoms with Gasteiger partial charge in [-0.05, 0) is 13.1 Å². The first kappa shape index (κ1) is 16.9. The molecule has 1 N–H and O–H groups in total. The summed E-state index contributed by atoms with van der Waals surface area (Å²) in [5.74, 6) is 2.53. The number of hydrogen-bond donors (Lipinski definition) is 1. The van der Waals surface area contributed by atoms with Crippen molar-refractivity contribution in [2.45, 2.75) is 0 Å². The number of methoxy groups -OCH3 is 1. The fourth-order valence-corrected chi connectivity index (χ4v) is 3.17. The molecule has 1 fully saturated rings. The summed E-state index contributed by atoms with van der Waals surface area (Å²) in [6.07, 6.45) is 5.39. The first-order valence-corrected chi connectivity index (χ1v) is 8.85. The molecule has 8 nitrogen and oxygen atoms in total. The zero-order valence-corrected chi connectivity index (χ0v) is 15.2. The molecule has 1 aliphatic rings. The van der Waals surface area contributed by atoms with Crippen molar-refractivity contribution >= 4 is 17.3 Å². The van der Waals surface area contributed by atoms with Crippen molar-refractivity contribution in [1.29, 1.82) is 0 Å². The van der Waals surface area contributed by atoms with Gasteiger partial charge >= 0.3 is 0 Å². The van der Waals surface area contributed by atoms with E-state index in [9.17, 15) is 0 Å². The Kier molecular flexibility index (Phi) is 4.77. The number of likely N-dealkylation sites (N-methyl/N-ethyl adjacent to an activating group) is 1. The van der Waals surface area contributed by atoms with Crippen LogP contribution in [0.25, 0.3) is 17.1 Å². The van der Waals surface area contributed by atoms with Crippen LogP contribution in [-0.2, 0) is 4.74 Å². The molecule has 0 aromatic carbocycles. The lowest BCUT2D eigenvalue weighted by Gasteiger charge is -2.32. The number of anilines is 2. The lowest BCUT2D eigenvalue weighted by atomic mass is 10.3. The monoisotopic (exact) mass is 356 g/mol. The van der Waals surface area contributed by atoms with Crippen LogP contribution in [0.5, 0.6) is 0 Å². The highest BCUT2D eigenvalue weighted by Gasteiger charge is 2.21. The summed E-state index contributed by atoms with van der Waals surface area (Å²) in [4.78, 5) is 13.5. The molecule has 1 aliphatic heterocycles. The standard InChI is InChI=1S/C18H24N6O2/c1-22-8-10-23(11-9-22)16-4-3-14(26-16)17-18(20-6-12-25-2)24-7-5-19-13-15(24)21-17/h3-5,7,13,20H,6,8-12H2,1-2H3. The maximum Gasteiger partial charge on any atom is 0.196 e. The van der Waals surface area contributed by atoms with Gasteiger partial charge in [-0.1, -0.05) is 0 Å². The number of hydrogen-bond acceptors (Lipinski definition) is 7. The highest BCUT2D eigenvalue weighted by Crippen LogP contribution is 2.32. The number of fused-ring (bicyclic) bond motifs is 1. The van der Waals surface area contributed by atoms with Crippen molar-refractivity contribution < 1.29 is 9.15 Å². The van der Waals surface area contributed by atoms with Gasteiger partial charge < -0.3 is 24.3 Å². The molecule has 0 atom stereocenters. The lowest BCUT2D eigenvalue weighted by molar-refractivity contribution is 0.210. The summed E-state index contributed by atoms with van der Waals surface area (Å²) in [5.41, 5.74) is 1.56. The maximum absolute atomic E-state index is 6.16. The van der Waals surface area contributed by atoms with E-state index in [1.54, 1.807) is 19.5 Å². The lowest BCUT2D eigenvalue weighted by Crippen LogP contribution is -2.44. The van der Waals surface area contributed by atoms with Crippen molar-refractivity contribution in [2.75, 3.05) is 63.7 Å². The van der Waals surface area contributed by atoms with Gasteiger partial charge in [-0.25, -0.2) is 4.98 Å². The summed E-state index contributed by atoms with van der Waals surface area (Å²) < 4.78 is 13.3. The third kappa shape index (κ3) is 3.25. The van der Waals surface area contributed by atoms with Gasteiger partial charge in [0, 0.05) is 58.3 Å². The molecule has 0 amide bonds. The van der Waals surface area contributed by atoms with E-state index in [4.69, 9.17) is 14.1 Å². The minimum Gasteiger partial charge on any atom is -0.439 e. The number of nitrogens with zero attached hydrogens (tertiary/aromatic N) is 5. The number of ether oxygens (including phenoxy) is 1. The minimum atomic E-state index is 0.614. The van der Waals surface area contributed by atoms with Crippen LogP contribution in [0.4, 0.5) is 11.7 Å². The van der Waals surface area contributed by atoms with E-state index in [0.717, 1.165) is 55.0 Å². The molecule has 0 saturated carbocycles. The third-order valence-corrected chi connectivity index (χ3v) is 4.67. The summed E-state index contributed by atoms with van der Waals surface area (Å²) >= 11 is 0. The average Bonchev–Trinajstić information content (AvgIpc) is 3.28. The van der Waals surface area contributed by atoms with Crippen LogP contribution in [0.1, 0.15) is 0 Å². The average molecular weight is 356 g/mol. The summed E-state index contributed by atoms with van der Waals surface area (Å²) in [5, 5.41) is 3.40. The second-order valence-electron chi connectivity index (χ2n) is 6.46. The van der Waals surface area contributed by atoms with Crippen molar-refractivity contribution in [2.24, 2.45) is 0 Å². The largest absolute Gasteiger partial charge is 0.439 e. The van der Waals surface area contributed by atoms with E-state index in [0.29, 0.717) is 13.2 Å². The third-order valence-electron chi connectivity index (χ3n) is 4.67. The van der Waals surface area contributed by atoms with E-state index < -0.39 is 0 Å². The van der Waals surface area contributed by atoms with Gasteiger partial charge in [0.1, 0.15) is 11.5 Å². The van der Waals surface area contributed by atoms with Crippen LogP contribution >= 0.6 is 0 Å². The second kappa shape index (κ2) is 7.35. The molecule has 0 bridgehead atoms. The number of furan rings is 1. The Balaban J connectivity index is 1.64. The predicted octanol–water partition coefficient (Wildman–Crippen LogP) is 1.80. The molecular weight excluding hydrogens is 332 g/mol. The van der Waals surface area contributed by atoms with Crippen molar-refractivity contribution in [3.63, 3.8) is 0 Å². The van der Waals surface area contributed by atoms with Gasteiger partial charge in [0.2, 0.25) is 0 Å². The first-order valence-electron chi connectivity index (χ1n) is 8.85. The Hall–Kier alpha value is -2.58. The van der Waals surface area contributed by atoms with E-state index in [1.165, 1.54) is 0 Å². The Bertz CT molecular complexity index is 866. The SMILES string of the molecule is COCCNc1c(-c2ccc(N3CCN(C)CC3)o2)nc2cnccn12. The second-order valence-corrected chi connectivity index (χ2v) is 6.46. The molecule has 3 aromatic rings. The Labute approximate surface area is 152 Å². The van der Waals surface area contributed by atoms with Crippen LogP contribution in [0.15, 0.2) is 35.1 Å². The van der Waals surface area contributed by atoms with Crippen molar-refractivity contribution in [1.82, 2.24) is 19.3 Å². The molecule has 138 valence electrons. The zero-order valence-electron chi connectivity index (χ0n) is 15.2. The molecule has 4 rings (SSSR count). The Morgan fingerprint density at radius 1 is 1.23 bits per heavy atom. The Morgan fingerprint density at radius 3 is 2.88 bits per heavy atom. The van der Waals surface area contributed by atoms with Gasteiger partial charge in [0.15, 0.2) is 17.3 Å². The van der Waals surface area contributed by atoms with Crippen molar-refractivity contribution in [3.8, 4) is 11.5 Å². The molecule has 4 heterocycles. The number of aromatic nitrogens is 3. The predicted molar refractivity (Wildman–Crippen MR) is 101 cm³/mol. The van der Waals surface area contributed by atoms with Crippen LogP contribution in [0.2, 0.25) is 0 Å². The zero-order chi connectivity index (χ0) is 17.9. The number of rotatable bonds is 6. The summed E-state index contributed by atoms with van der Waals surface area (Å²) in [7, 11) is 3.84. The molecule has 0 radical (unpaired) electrons. The fraction of sp³-hybridized carbons (Fsp3) is 0.444. The van der Waals surface area contributed by atoms with Crippen LogP contribution < -0.4 is 10.2 Å². The molecule has 1 saturated heterocycles. The van der Waals surface area contributed by atoms with E-state index >= 15 is 0 Å². The Morgan fingerprint density at radius 2 is 2.08 bits per heavy atom. The summed E-state index contributed by atoms with van der Waals surface area (Å²) in [6.45, 7) is 5.32. The van der Waals surface area contributed by atoms with E-state index in [-0.39, 0.29) is 0 Å². The smallest absolute Gasteiger partial charge is 0.196 e. The normalized spacial score (nSPS) is 15.7. The summed E-state index contributed by atoms with van der Waals surface area (Å²) in [6, 6.07) is 4.02. The quantitative estimate of drug-likeness (QED) is 0.675. The van der Waals surface area contributed by atoms with Gasteiger partial charge in [0.05, 0.1) is 12.8 Å². The number of nitrogens with one attached hydrogen (secondary N) is 1. The fourth-order valence-electron chi connectivity index (χ4n) is 3.17. The van der Waals surface area contributed by atoms with Crippen molar-refractivity contribution in [3.05, 3.63) is 30.7 Å².